The average Bonchev–Trinajstić information content (AvgIpc) is 2.42. The van der Waals surface area contributed by atoms with Crippen LogP contribution in [-0.4, -0.2) is 13.0 Å². The number of nitrogens with one attached hydrogen (secondary N) is 1. The summed E-state index contributed by atoms with van der Waals surface area (Å²) in [5.41, 5.74) is 9.38. The first kappa shape index (κ1) is 15.4. The van der Waals surface area contributed by atoms with Crippen molar-refractivity contribution in [3.05, 3.63) is 51.5 Å². The van der Waals surface area contributed by atoms with Gasteiger partial charge in [0.1, 0.15) is 5.75 Å². The quantitative estimate of drug-likeness (QED) is 0.826. The van der Waals surface area contributed by atoms with Gasteiger partial charge in [-0.1, -0.05) is 22.0 Å². The van der Waals surface area contributed by atoms with Gasteiger partial charge in [-0.3, -0.25) is 4.79 Å². The molecule has 0 heterocycles. The van der Waals surface area contributed by atoms with Gasteiger partial charge in [-0.15, -0.1) is 0 Å². The molecular weight excluding hydrogens is 332 g/mol. The standard InChI is InChI=1S/C16H17BrN2O2/c1-9-4-7-14(10(2)15(9)21-3)19-16(20)12-6-5-11(17)8-13(12)18/h4-8H,18H2,1-3H3,(H,19,20). The number of ether oxygens (including phenoxy) is 1. The second-order valence-electron chi connectivity index (χ2n) is 4.77. The number of carbonyl (C=O) groups is 1. The van der Waals surface area contributed by atoms with Crippen molar-refractivity contribution < 1.29 is 9.53 Å². The van der Waals surface area contributed by atoms with E-state index in [2.05, 4.69) is 21.2 Å². The zero-order valence-electron chi connectivity index (χ0n) is 12.2. The Bertz CT molecular complexity index is 699. The molecule has 0 unspecified atom stereocenters. The fraction of sp³-hybridized carbons (Fsp3) is 0.188. The highest BCUT2D eigenvalue weighted by Crippen LogP contribution is 2.30. The molecule has 0 aliphatic heterocycles. The number of nitrogens with two attached hydrogens (primary N) is 1. The minimum absolute atomic E-state index is 0.242. The monoisotopic (exact) mass is 348 g/mol. The molecule has 4 nitrogen and oxygen atoms in total. The summed E-state index contributed by atoms with van der Waals surface area (Å²) in [7, 11) is 1.62. The maximum Gasteiger partial charge on any atom is 0.257 e. The van der Waals surface area contributed by atoms with Crippen molar-refractivity contribution in [1.29, 1.82) is 0 Å². The van der Waals surface area contributed by atoms with Crippen molar-refractivity contribution in [3.8, 4) is 5.75 Å². The van der Waals surface area contributed by atoms with Crippen molar-refractivity contribution in [2.24, 2.45) is 0 Å². The first-order chi connectivity index (χ1) is 9.93. The molecule has 0 atom stereocenters. The van der Waals surface area contributed by atoms with Gasteiger partial charge < -0.3 is 15.8 Å². The Kier molecular flexibility index (Phi) is 4.53. The molecule has 0 aliphatic rings. The maximum absolute atomic E-state index is 12.3. The van der Waals surface area contributed by atoms with Crippen molar-refractivity contribution in [2.75, 3.05) is 18.2 Å². The predicted octanol–water partition coefficient (Wildman–Crippen LogP) is 3.91. The van der Waals surface area contributed by atoms with Crippen LogP contribution in [-0.2, 0) is 0 Å². The molecule has 5 heteroatoms. The summed E-state index contributed by atoms with van der Waals surface area (Å²) in [5, 5.41) is 2.87. The first-order valence-corrected chi connectivity index (χ1v) is 7.24. The molecule has 0 saturated carbocycles. The molecule has 1 amide bonds. The topological polar surface area (TPSA) is 64.3 Å². The lowest BCUT2D eigenvalue weighted by Gasteiger charge is -2.14. The van der Waals surface area contributed by atoms with Crippen LogP contribution in [0.2, 0.25) is 0 Å². The number of halogens is 1. The Hall–Kier alpha value is -2.01. The minimum Gasteiger partial charge on any atom is -0.496 e. The van der Waals surface area contributed by atoms with Crippen LogP contribution < -0.4 is 15.8 Å². The lowest BCUT2D eigenvalue weighted by molar-refractivity contribution is 0.102. The van der Waals surface area contributed by atoms with Gasteiger partial charge in [0.25, 0.3) is 5.91 Å². The number of benzene rings is 2. The Morgan fingerprint density at radius 3 is 2.57 bits per heavy atom. The lowest BCUT2D eigenvalue weighted by Crippen LogP contribution is -2.15. The van der Waals surface area contributed by atoms with Crippen molar-refractivity contribution >= 4 is 33.2 Å². The molecule has 0 saturated heterocycles. The van der Waals surface area contributed by atoms with Gasteiger partial charge in [-0.05, 0) is 43.7 Å². The second-order valence-corrected chi connectivity index (χ2v) is 5.69. The number of methoxy groups -OCH3 is 1. The van der Waals surface area contributed by atoms with Gasteiger partial charge in [-0.25, -0.2) is 0 Å². The van der Waals surface area contributed by atoms with E-state index in [1.807, 2.05) is 26.0 Å². The molecule has 0 fully saturated rings. The van der Waals surface area contributed by atoms with E-state index in [9.17, 15) is 4.79 Å². The number of rotatable bonds is 3. The predicted molar refractivity (Wildman–Crippen MR) is 89.0 cm³/mol. The van der Waals surface area contributed by atoms with Crippen LogP contribution in [0.25, 0.3) is 0 Å². The zero-order chi connectivity index (χ0) is 15.6. The highest BCUT2D eigenvalue weighted by Gasteiger charge is 2.14. The van der Waals surface area contributed by atoms with Gasteiger partial charge >= 0.3 is 0 Å². The Morgan fingerprint density at radius 2 is 1.95 bits per heavy atom. The summed E-state index contributed by atoms with van der Waals surface area (Å²) in [4.78, 5) is 12.3. The van der Waals surface area contributed by atoms with Gasteiger partial charge in [-0.2, -0.15) is 0 Å². The first-order valence-electron chi connectivity index (χ1n) is 6.44. The van der Waals surface area contributed by atoms with Crippen LogP contribution in [0.3, 0.4) is 0 Å². The van der Waals surface area contributed by atoms with Crippen LogP contribution in [0.1, 0.15) is 21.5 Å². The molecule has 110 valence electrons. The van der Waals surface area contributed by atoms with Crippen molar-refractivity contribution in [1.82, 2.24) is 0 Å². The third-order valence-electron chi connectivity index (χ3n) is 3.31. The number of hydrogen-bond acceptors (Lipinski definition) is 3. The Morgan fingerprint density at radius 1 is 1.24 bits per heavy atom. The van der Waals surface area contributed by atoms with Crippen LogP contribution >= 0.6 is 15.9 Å². The van der Waals surface area contributed by atoms with Gasteiger partial charge in [0.05, 0.1) is 12.7 Å². The van der Waals surface area contributed by atoms with E-state index in [4.69, 9.17) is 10.5 Å². The van der Waals surface area contributed by atoms with Crippen LogP contribution in [0.5, 0.6) is 5.75 Å². The van der Waals surface area contributed by atoms with E-state index in [1.165, 1.54) is 0 Å². The number of anilines is 2. The number of amides is 1. The minimum atomic E-state index is -0.242. The molecule has 0 aromatic heterocycles. The number of aryl methyl sites for hydroxylation is 1. The highest BCUT2D eigenvalue weighted by atomic mass is 79.9. The van der Waals surface area contributed by atoms with Crippen molar-refractivity contribution in [2.45, 2.75) is 13.8 Å². The highest BCUT2D eigenvalue weighted by molar-refractivity contribution is 9.10. The molecular formula is C16H17BrN2O2. The summed E-state index contributed by atoms with van der Waals surface area (Å²) >= 11 is 3.32. The molecule has 0 bridgehead atoms. The van der Waals surface area contributed by atoms with Crippen molar-refractivity contribution in [3.63, 3.8) is 0 Å². The molecule has 2 aromatic carbocycles. The lowest BCUT2D eigenvalue weighted by atomic mass is 10.1. The van der Waals surface area contributed by atoms with E-state index in [0.717, 1.165) is 21.3 Å². The van der Waals surface area contributed by atoms with Gasteiger partial charge in [0, 0.05) is 21.4 Å². The van der Waals surface area contributed by atoms with Gasteiger partial charge in [0.2, 0.25) is 0 Å². The van der Waals surface area contributed by atoms with Crippen LogP contribution in [0.4, 0.5) is 11.4 Å². The third-order valence-corrected chi connectivity index (χ3v) is 3.81. The zero-order valence-corrected chi connectivity index (χ0v) is 13.7. The summed E-state index contributed by atoms with van der Waals surface area (Å²) in [5.74, 6) is 0.533. The molecule has 2 aromatic rings. The van der Waals surface area contributed by atoms with Crippen LogP contribution in [0, 0.1) is 13.8 Å². The SMILES string of the molecule is COc1c(C)ccc(NC(=O)c2ccc(Br)cc2N)c1C. The smallest absolute Gasteiger partial charge is 0.257 e. The molecule has 21 heavy (non-hydrogen) atoms. The Balaban J connectivity index is 2.32. The number of hydrogen-bond donors (Lipinski definition) is 2. The van der Waals surface area contributed by atoms with Gasteiger partial charge in [0.15, 0.2) is 0 Å². The fourth-order valence-electron chi connectivity index (χ4n) is 2.21. The Labute approximate surface area is 132 Å². The van der Waals surface area contributed by atoms with E-state index < -0.39 is 0 Å². The summed E-state index contributed by atoms with van der Waals surface area (Å²) in [6.07, 6.45) is 0. The summed E-state index contributed by atoms with van der Waals surface area (Å²) in [6, 6.07) is 8.95. The number of nitrogen functional groups attached to an aromatic ring is 1. The normalized spacial score (nSPS) is 10.3. The van der Waals surface area contributed by atoms with E-state index in [0.29, 0.717) is 16.9 Å². The summed E-state index contributed by atoms with van der Waals surface area (Å²) in [6.45, 7) is 3.87. The van der Waals surface area contributed by atoms with E-state index >= 15 is 0 Å². The largest absolute Gasteiger partial charge is 0.496 e. The molecule has 0 spiro atoms. The summed E-state index contributed by atoms with van der Waals surface area (Å²) < 4.78 is 6.20. The molecule has 0 radical (unpaired) electrons. The molecule has 2 rings (SSSR count). The molecule has 0 aliphatic carbocycles. The average molecular weight is 349 g/mol. The molecule has 3 N–H and O–H groups in total. The third kappa shape index (κ3) is 3.19. The van der Waals surface area contributed by atoms with Crippen LogP contribution in [0.15, 0.2) is 34.8 Å². The van der Waals surface area contributed by atoms with E-state index in [1.54, 1.807) is 25.3 Å². The maximum atomic E-state index is 12.3. The van der Waals surface area contributed by atoms with E-state index in [-0.39, 0.29) is 5.91 Å². The number of carbonyl (C=O) groups excluding carboxylic acids is 1. The second kappa shape index (κ2) is 6.18. The fourth-order valence-corrected chi connectivity index (χ4v) is 2.59.